The van der Waals surface area contributed by atoms with Crippen molar-refractivity contribution in [3.8, 4) is 11.8 Å². The third-order valence-electron chi connectivity index (χ3n) is 2.08. The lowest BCUT2D eigenvalue weighted by molar-refractivity contribution is 0.954. The minimum atomic E-state index is -0.610. The van der Waals surface area contributed by atoms with Crippen molar-refractivity contribution >= 4 is 5.69 Å². The van der Waals surface area contributed by atoms with Crippen LogP contribution in [0.3, 0.4) is 0 Å². The maximum absolute atomic E-state index is 11.3. The van der Waals surface area contributed by atoms with Crippen LogP contribution in [-0.4, -0.2) is 14.8 Å². The van der Waals surface area contributed by atoms with Gasteiger partial charge in [-0.25, -0.2) is 24.4 Å². The second kappa shape index (κ2) is 3.43. The zero-order valence-electron chi connectivity index (χ0n) is 8.02. The van der Waals surface area contributed by atoms with Crippen LogP contribution in [0.1, 0.15) is 5.56 Å². The zero-order chi connectivity index (χ0) is 11.7. The number of anilines is 1. The molecule has 7 nitrogen and oxygen atoms in total. The van der Waals surface area contributed by atoms with Crippen LogP contribution in [0.15, 0.2) is 27.8 Å². The molecule has 16 heavy (non-hydrogen) atoms. The number of hydrogen-bond acceptors (Lipinski definition) is 4. The van der Waals surface area contributed by atoms with Gasteiger partial charge in [0.15, 0.2) is 0 Å². The van der Waals surface area contributed by atoms with Crippen LogP contribution in [0.25, 0.3) is 5.69 Å². The molecule has 0 unspecified atom stereocenters. The smallest absolute Gasteiger partial charge is 0.349 e. The molecule has 0 saturated carbocycles. The minimum Gasteiger partial charge on any atom is -0.397 e. The van der Waals surface area contributed by atoms with E-state index >= 15 is 0 Å². The molecular formula is C9H7N5O2. The highest BCUT2D eigenvalue weighted by Crippen LogP contribution is 2.15. The van der Waals surface area contributed by atoms with Crippen LogP contribution < -0.4 is 17.1 Å². The Bertz CT molecular complexity index is 657. The Morgan fingerprint density at radius 2 is 1.88 bits per heavy atom. The molecule has 0 bridgehead atoms. The van der Waals surface area contributed by atoms with Crippen LogP contribution in [-0.2, 0) is 0 Å². The summed E-state index contributed by atoms with van der Waals surface area (Å²) < 4.78 is 0.858. The van der Waals surface area contributed by atoms with Crippen molar-refractivity contribution in [2.75, 3.05) is 5.73 Å². The molecule has 0 amide bonds. The molecule has 2 aromatic rings. The number of nitrogens with two attached hydrogens (primary N) is 1. The average molecular weight is 217 g/mol. The third-order valence-corrected chi connectivity index (χ3v) is 2.08. The number of aromatic nitrogens is 3. The molecule has 0 saturated heterocycles. The average Bonchev–Trinajstić information content (AvgIpc) is 2.59. The summed E-state index contributed by atoms with van der Waals surface area (Å²) in [6.07, 6.45) is 0. The van der Waals surface area contributed by atoms with Gasteiger partial charge in [0.05, 0.1) is 23.0 Å². The van der Waals surface area contributed by atoms with Crippen LogP contribution in [0.4, 0.5) is 5.69 Å². The summed E-state index contributed by atoms with van der Waals surface area (Å²) in [6, 6.07) is 6.23. The third kappa shape index (κ3) is 1.38. The van der Waals surface area contributed by atoms with E-state index in [1.807, 2.05) is 6.07 Å². The molecule has 2 rings (SSSR count). The van der Waals surface area contributed by atoms with E-state index in [0.717, 1.165) is 4.57 Å². The van der Waals surface area contributed by atoms with Crippen molar-refractivity contribution in [1.29, 1.82) is 5.26 Å². The van der Waals surface area contributed by atoms with Crippen LogP contribution in [0, 0.1) is 11.3 Å². The summed E-state index contributed by atoms with van der Waals surface area (Å²) in [7, 11) is 0. The highest BCUT2D eigenvalue weighted by molar-refractivity contribution is 5.60. The molecule has 0 spiro atoms. The van der Waals surface area contributed by atoms with Gasteiger partial charge < -0.3 is 5.73 Å². The van der Waals surface area contributed by atoms with E-state index < -0.39 is 11.4 Å². The Balaban J connectivity index is 2.72. The van der Waals surface area contributed by atoms with E-state index in [4.69, 9.17) is 11.0 Å². The van der Waals surface area contributed by atoms with Crippen LogP contribution >= 0.6 is 0 Å². The number of rotatable bonds is 1. The first-order valence-corrected chi connectivity index (χ1v) is 4.33. The molecular weight excluding hydrogens is 210 g/mol. The highest BCUT2D eigenvalue weighted by Gasteiger charge is 2.09. The fourth-order valence-corrected chi connectivity index (χ4v) is 1.36. The monoisotopic (exact) mass is 217 g/mol. The maximum atomic E-state index is 11.3. The standard InChI is InChI=1S/C9H7N5O2/c10-4-5-1-2-7(6(11)3-5)14-8(15)12-13-9(14)16/h1-3H,11H2,(H,12,15)(H,13,16). The molecule has 1 heterocycles. The number of nitrogen functional groups attached to an aromatic ring is 1. The molecule has 0 radical (unpaired) electrons. The molecule has 4 N–H and O–H groups in total. The first-order chi connectivity index (χ1) is 7.63. The molecule has 0 aliphatic rings. The fourth-order valence-electron chi connectivity index (χ4n) is 1.36. The molecule has 0 aliphatic carbocycles. The van der Waals surface area contributed by atoms with E-state index in [1.54, 1.807) is 0 Å². The molecule has 0 aliphatic heterocycles. The SMILES string of the molecule is N#Cc1ccc(-n2c(=O)[nH][nH]c2=O)c(N)c1. The van der Waals surface area contributed by atoms with Crippen molar-refractivity contribution in [3.63, 3.8) is 0 Å². The summed E-state index contributed by atoms with van der Waals surface area (Å²) in [4.78, 5) is 22.6. The zero-order valence-corrected chi connectivity index (χ0v) is 8.02. The predicted molar refractivity (Wildman–Crippen MR) is 56.1 cm³/mol. The first-order valence-electron chi connectivity index (χ1n) is 4.33. The van der Waals surface area contributed by atoms with Gasteiger partial charge in [-0.1, -0.05) is 0 Å². The maximum Gasteiger partial charge on any atom is 0.349 e. The molecule has 80 valence electrons. The molecule has 0 atom stereocenters. The van der Waals surface area contributed by atoms with Gasteiger partial charge in [0.1, 0.15) is 0 Å². The van der Waals surface area contributed by atoms with E-state index in [1.165, 1.54) is 18.2 Å². The summed E-state index contributed by atoms with van der Waals surface area (Å²) >= 11 is 0. The van der Waals surface area contributed by atoms with Crippen LogP contribution in [0.2, 0.25) is 0 Å². The normalized spacial score (nSPS) is 9.94. The largest absolute Gasteiger partial charge is 0.397 e. The second-order valence-corrected chi connectivity index (χ2v) is 3.08. The van der Waals surface area contributed by atoms with Crippen molar-refractivity contribution in [2.45, 2.75) is 0 Å². The number of nitriles is 1. The van der Waals surface area contributed by atoms with Gasteiger partial charge in [0.2, 0.25) is 0 Å². The van der Waals surface area contributed by atoms with E-state index in [0.29, 0.717) is 5.56 Å². The van der Waals surface area contributed by atoms with Crippen LogP contribution in [0.5, 0.6) is 0 Å². The summed E-state index contributed by atoms with van der Waals surface area (Å²) in [5.74, 6) is 0. The number of nitrogens with zero attached hydrogens (tertiary/aromatic N) is 2. The molecule has 1 aromatic heterocycles. The number of benzene rings is 1. The summed E-state index contributed by atoms with van der Waals surface area (Å²) in [5.41, 5.74) is 5.22. The van der Waals surface area contributed by atoms with E-state index in [2.05, 4.69) is 10.2 Å². The van der Waals surface area contributed by atoms with Gasteiger partial charge in [-0.2, -0.15) is 5.26 Å². The van der Waals surface area contributed by atoms with E-state index in [-0.39, 0.29) is 11.4 Å². The number of H-pyrrole nitrogens is 2. The number of nitrogens with one attached hydrogen (secondary N) is 2. The van der Waals surface area contributed by atoms with Crippen molar-refractivity contribution < 1.29 is 0 Å². The first kappa shape index (κ1) is 9.79. The van der Waals surface area contributed by atoms with Crippen molar-refractivity contribution in [2.24, 2.45) is 0 Å². The summed E-state index contributed by atoms with van der Waals surface area (Å²) in [6.45, 7) is 0. The van der Waals surface area contributed by atoms with Crippen molar-refractivity contribution in [1.82, 2.24) is 14.8 Å². The van der Waals surface area contributed by atoms with Crippen molar-refractivity contribution in [3.05, 3.63) is 44.7 Å². The Kier molecular flexibility index (Phi) is 2.10. The summed E-state index contributed by atoms with van der Waals surface area (Å²) in [5, 5.41) is 12.9. The van der Waals surface area contributed by atoms with Gasteiger partial charge >= 0.3 is 11.4 Å². The molecule has 0 fully saturated rings. The van der Waals surface area contributed by atoms with Gasteiger partial charge in [-0.3, -0.25) is 0 Å². The van der Waals surface area contributed by atoms with E-state index in [9.17, 15) is 9.59 Å². The second-order valence-electron chi connectivity index (χ2n) is 3.08. The van der Waals surface area contributed by atoms with Gasteiger partial charge in [-0.05, 0) is 18.2 Å². The minimum absolute atomic E-state index is 0.186. The van der Waals surface area contributed by atoms with Gasteiger partial charge in [0, 0.05) is 0 Å². The van der Waals surface area contributed by atoms with Gasteiger partial charge in [0.25, 0.3) is 0 Å². The quantitative estimate of drug-likeness (QED) is 0.547. The topological polar surface area (TPSA) is 120 Å². The fraction of sp³-hybridized carbons (Fsp3) is 0. The lowest BCUT2D eigenvalue weighted by Gasteiger charge is -2.03. The lowest BCUT2D eigenvalue weighted by atomic mass is 10.2. The van der Waals surface area contributed by atoms with Gasteiger partial charge in [-0.15, -0.1) is 0 Å². The Hall–Kier alpha value is -2.75. The Morgan fingerprint density at radius 1 is 1.25 bits per heavy atom. The predicted octanol–water partition coefficient (Wildman–Crippen LogP) is -0.692. The molecule has 7 heteroatoms. The molecule has 1 aromatic carbocycles. The Labute approximate surface area is 88.7 Å². The highest BCUT2D eigenvalue weighted by atomic mass is 16.2. The number of hydrogen-bond donors (Lipinski definition) is 3. The number of aromatic amines is 2. The lowest BCUT2D eigenvalue weighted by Crippen LogP contribution is -2.25. The Morgan fingerprint density at radius 3 is 2.38 bits per heavy atom.